The van der Waals surface area contributed by atoms with Crippen LogP contribution < -0.4 is 10.2 Å². The molecule has 0 fully saturated rings. The van der Waals surface area contributed by atoms with Crippen molar-refractivity contribution in [3.05, 3.63) is 24.3 Å². The summed E-state index contributed by atoms with van der Waals surface area (Å²) < 4.78 is 4.98. The third-order valence-electron chi connectivity index (χ3n) is 3.76. The van der Waals surface area contributed by atoms with E-state index in [4.69, 9.17) is 4.74 Å². The van der Waals surface area contributed by atoms with Gasteiger partial charge < -0.3 is 15.0 Å². The van der Waals surface area contributed by atoms with Gasteiger partial charge in [-0.2, -0.15) is 0 Å². The van der Waals surface area contributed by atoms with Crippen LogP contribution in [0.3, 0.4) is 0 Å². The van der Waals surface area contributed by atoms with Crippen molar-refractivity contribution >= 4 is 35.2 Å². The molecule has 1 aromatic rings. The molecule has 6 nitrogen and oxygen atoms in total. The van der Waals surface area contributed by atoms with Crippen LogP contribution in [0.2, 0.25) is 0 Å². The van der Waals surface area contributed by atoms with E-state index in [0.717, 1.165) is 17.0 Å². The fourth-order valence-electron chi connectivity index (χ4n) is 2.37. The molecule has 2 amide bonds. The molecule has 0 bridgehead atoms. The van der Waals surface area contributed by atoms with Crippen LogP contribution in [-0.2, 0) is 19.1 Å². The van der Waals surface area contributed by atoms with Gasteiger partial charge in [-0.25, -0.2) is 0 Å². The van der Waals surface area contributed by atoms with Gasteiger partial charge in [0.05, 0.1) is 17.9 Å². The van der Waals surface area contributed by atoms with E-state index in [1.54, 1.807) is 4.90 Å². The van der Waals surface area contributed by atoms with Crippen LogP contribution in [-0.4, -0.2) is 43.2 Å². The molecule has 1 aliphatic rings. The second-order valence-electron chi connectivity index (χ2n) is 6.24. The second kappa shape index (κ2) is 9.46. The summed E-state index contributed by atoms with van der Waals surface area (Å²) in [6.07, 6.45) is 0.943. The summed E-state index contributed by atoms with van der Waals surface area (Å²) in [5, 5.41) is 2.71. The Balaban J connectivity index is 1.75. The Morgan fingerprint density at radius 2 is 2.08 bits per heavy atom. The van der Waals surface area contributed by atoms with E-state index < -0.39 is 5.97 Å². The van der Waals surface area contributed by atoms with Gasteiger partial charge in [-0.1, -0.05) is 26.0 Å². The maximum absolute atomic E-state index is 12.1. The van der Waals surface area contributed by atoms with Crippen molar-refractivity contribution in [2.45, 2.75) is 31.6 Å². The van der Waals surface area contributed by atoms with Crippen LogP contribution in [0.4, 0.5) is 5.69 Å². The zero-order chi connectivity index (χ0) is 18.2. The fraction of sp³-hybridized carbons (Fsp3) is 0.500. The van der Waals surface area contributed by atoms with Gasteiger partial charge in [-0.15, -0.1) is 11.8 Å². The monoisotopic (exact) mass is 364 g/mol. The lowest BCUT2D eigenvalue weighted by atomic mass is 10.1. The van der Waals surface area contributed by atoms with E-state index in [-0.39, 0.29) is 31.4 Å². The minimum Gasteiger partial charge on any atom is -0.456 e. The van der Waals surface area contributed by atoms with E-state index in [1.165, 1.54) is 11.8 Å². The molecule has 1 aromatic carbocycles. The highest BCUT2D eigenvalue weighted by atomic mass is 32.2. The number of nitrogens with one attached hydrogen (secondary N) is 1. The number of para-hydroxylation sites is 1. The molecule has 0 radical (unpaired) electrons. The first-order chi connectivity index (χ1) is 12.0. The zero-order valence-electron chi connectivity index (χ0n) is 14.6. The molecule has 0 atom stereocenters. The Morgan fingerprint density at radius 1 is 1.32 bits per heavy atom. The summed E-state index contributed by atoms with van der Waals surface area (Å²) in [5.74, 6) is 0.0610. The quantitative estimate of drug-likeness (QED) is 0.716. The van der Waals surface area contributed by atoms with Crippen LogP contribution in [0.5, 0.6) is 0 Å². The number of hydrogen-bond acceptors (Lipinski definition) is 5. The van der Waals surface area contributed by atoms with Crippen molar-refractivity contribution in [3.63, 3.8) is 0 Å². The van der Waals surface area contributed by atoms with Gasteiger partial charge in [0.25, 0.3) is 5.91 Å². The van der Waals surface area contributed by atoms with E-state index in [9.17, 15) is 14.4 Å². The van der Waals surface area contributed by atoms with E-state index in [0.29, 0.717) is 18.2 Å². The molecule has 1 heterocycles. The van der Waals surface area contributed by atoms with Crippen LogP contribution in [0.15, 0.2) is 29.2 Å². The highest BCUT2D eigenvalue weighted by Crippen LogP contribution is 2.34. The number of fused-ring (bicyclic) bond motifs is 1. The molecule has 1 N–H and O–H groups in total. The maximum Gasteiger partial charge on any atom is 0.308 e. The molecule has 0 spiro atoms. The predicted octanol–water partition coefficient (Wildman–Crippen LogP) is 2.22. The Hall–Kier alpha value is -2.02. The number of rotatable bonds is 8. The number of esters is 1. The summed E-state index contributed by atoms with van der Waals surface area (Å²) >= 11 is 1.50. The van der Waals surface area contributed by atoms with E-state index >= 15 is 0 Å². The fourth-order valence-corrected chi connectivity index (χ4v) is 3.31. The normalized spacial score (nSPS) is 13.6. The van der Waals surface area contributed by atoms with Crippen molar-refractivity contribution in [2.24, 2.45) is 5.92 Å². The minimum atomic E-state index is -0.484. The van der Waals surface area contributed by atoms with Gasteiger partial charge in [0, 0.05) is 18.0 Å². The lowest BCUT2D eigenvalue weighted by Gasteiger charge is -2.28. The van der Waals surface area contributed by atoms with Gasteiger partial charge in [-0.05, 0) is 24.5 Å². The number of thioether (sulfide) groups is 1. The molecular formula is C18H24N2O4S. The van der Waals surface area contributed by atoms with E-state index in [2.05, 4.69) is 19.2 Å². The molecule has 7 heteroatoms. The summed E-state index contributed by atoms with van der Waals surface area (Å²) in [4.78, 5) is 38.2. The first-order valence-corrected chi connectivity index (χ1v) is 9.40. The molecule has 136 valence electrons. The van der Waals surface area contributed by atoms with E-state index in [1.807, 2.05) is 24.3 Å². The van der Waals surface area contributed by atoms with Crippen molar-refractivity contribution in [3.8, 4) is 0 Å². The largest absolute Gasteiger partial charge is 0.456 e. The third-order valence-corrected chi connectivity index (χ3v) is 4.80. The number of carbonyl (C=O) groups excluding carboxylic acids is 3. The number of nitrogens with zero attached hydrogens (tertiary/aromatic N) is 1. The number of ether oxygens (including phenoxy) is 1. The van der Waals surface area contributed by atoms with Crippen LogP contribution in [0, 0.1) is 5.92 Å². The first-order valence-electron chi connectivity index (χ1n) is 8.42. The number of amides is 2. The molecule has 1 aliphatic heterocycles. The lowest BCUT2D eigenvalue weighted by molar-refractivity contribution is -0.148. The molecule has 0 aliphatic carbocycles. The Bertz CT molecular complexity index is 633. The maximum atomic E-state index is 12.1. The van der Waals surface area contributed by atoms with Crippen molar-refractivity contribution in [1.82, 2.24) is 5.32 Å². The van der Waals surface area contributed by atoms with Gasteiger partial charge in [-0.3, -0.25) is 14.4 Å². The predicted molar refractivity (Wildman–Crippen MR) is 97.6 cm³/mol. The van der Waals surface area contributed by atoms with Gasteiger partial charge in [0.15, 0.2) is 6.61 Å². The smallest absolute Gasteiger partial charge is 0.308 e. The highest BCUT2D eigenvalue weighted by Gasteiger charge is 2.24. The minimum absolute atomic E-state index is 0.0251. The summed E-state index contributed by atoms with van der Waals surface area (Å²) in [6, 6.07) is 7.61. The summed E-state index contributed by atoms with van der Waals surface area (Å²) in [6.45, 7) is 4.70. The van der Waals surface area contributed by atoms with Crippen LogP contribution in [0.1, 0.15) is 26.7 Å². The molecular weight excluding hydrogens is 340 g/mol. The Kier molecular flexibility index (Phi) is 7.31. The molecule has 0 saturated carbocycles. The highest BCUT2D eigenvalue weighted by molar-refractivity contribution is 8.00. The Morgan fingerprint density at radius 3 is 2.84 bits per heavy atom. The average Bonchev–Trinajstić information content (AvgIpc) is 2.58. The number of carbonyl (C=O) groups is 3. The van der Waals surface area contributed by atoms with Crippen molar-refractivity contribution in [2.75, 3.05) is 30.3 Å². The average molecular weight is 364 g/mol. The lowest BCUT2D eigenvalue weighted by Crippen LogP contribution is -2.37. The van der Waals surface area contributed by atoms with Crippen molar-refractivity contribution < 1.29 is 19.1 Å². The number of benzene rings is 1. The molecule has 0 unspecified atom stereocenters. The summed E-state index contributed by atoms with van der Waals surface area (Å²) in [5.41, 5.74) is 0.822. The van der Waals surface area contributed by atoms with Gasteiger partial charge in [0.2, 0.25) is 5.91 Å². The first kappa shape index (κ1) is 19.3. The molecule has 2 rings (SSSR count). The Labute approximate surface area is 152 Å². The molecule has 25 heavy (non-hydrogen) atoms. The van der Waals surface area contributed by atoms with Gasteiger partial charge in [0.1, 0.15) is 0 Å². The summed E-state index contributed by atoms with van der Waals surface area (Å²) in [7, 11) is 0. The van der Waals surface area contributed by atoms with Crippen LogP contribution >= 0.6 is 11.8 Å². The third kappa shape index (κ3) is 6.08. The van der Waals surface area contributed by atoms with Crippen LogP contribution in [0.25, 0.3) is 0 Å². The number of hydrogen-bond donors (Lipinski definition) is 1. The SMILES string of the molecule is CC(C)CCNC(=O)COC(=O)CCN1C(=O)CSc2ccccc21. The topological polar surface area (TPSA) is 75.7 Å². The molecule has 0 aromatic heterocycles. The standard InChI is InChI=1S/C18H24N2O4S/c1-13(2)7-9-19-16(21)11-24-18(23)8-10-20-14-5-3-4-6-15(14)25-12-17(20)22/h3-6,13H,7-12H2,1-2H3,(H,19,21). The zero-order valence-corrected chi connectivity index (χ0v) is 15.4. The van der Waals surface area contributed by atoms with Crippen molar-refractivity contribution in [1.29, 1.82) is 0 Å². The van der Waals surface area contributed by atoms with Gasteiger partial charge >= 0.3 is 5.97 Å². The molecule has 0 saturated heterocycles. The second-order valence-corrected chi connectivity index (χ2v) is 7.26. The number of anilines is 1.